The summed E-state index contributed by atoms with van der Waals surface area (Å²) in [5.41, 5.74) is 0.806. The van der Waals surface area contributed by atoms with Crippen molar-refractivity contribution in [2.24, 2.45) is 0 Å². The zero-order chi connectivity index (χ0) is 15.9. The maximum atomic E-state index is 12.3. The van der Waals surface area contributed by atoms with Crippen molar-refractivity contribution in [3.05, 3.63) is 29.3 Å². The van der Waals surface area contributed by atoms with Crippen LogP contribution in [0, 0.1) is 0 Å². The maximum absolute atomic E-state index is 12.3. The predicted molar refractivity (Wildman–Crippen MR) is 82.7 cm³/mol. The van der Waals surface area contributed by atoms with Gasteiger partial charge in [-0.2, -0.15) is 4.89 Å². The Balaban J connectivity index is 2.37. The molecule has 1 aromatic rings. The van der Waals surface area contributed by atoms with Gasteiger partial charge in [-0.25, -0.2) is 4.79 Å². The molecule has 1 heterocycles. The van der Waals surface area contributed by atoms with Crippen LogP contribution in [0.4, 0.5) is 0 Å². The number of carbonyl (C=O) groups excluding carboxylic acids is 1. The van der Waals surface area contributed by atoms with Crippen molar-refractivity contribution in [3.63, 3.8) is 0 Å². The Kier molecular flexibility index (Phi) is 5.83. The molecule has 22 heavy (non-hydrogen) atoms. The van der Waals surface area contributed by atoms with Gasteiger partial charge < -0.3 is 9.84 Å². The lowest BCUT2D eigenvalue weighted by Crippen LogP contribution is -2.15. The third-order valence-electron chi connectivity index (χ3n) is 3.61. The monoisotopic (exact) mass is 306 g/mol. The van der Waals surface area contributed by atoms with Gasteiger partial charge in [0.05, 0.1) is 7.11 Å². The summed E-state index contributed by atoms with van der Waals surface area (Å²) in [6.45, 7) is 1.88. The lowest BCUT2D eigenvalue weighted by atomic mass is 10.0. The fourth-order valence-corrected chi connectivity index (χ4v) is 2.43. The average molecular weight is 306 g/mol. The molecule has 0 bridgehead atoms. The van der Waals surface area contributed by atoms with Crippen molar-refractivity contribution in [2.75, 3.05) is 7.11 Å². The number of allylic oxidation sites excluding steroid dienone is 1. The number of benzene rings is 1. The second kappa shape index (κ2) is 7.84. The smallest absolute Gasteiger partial charge is 0.377 e. The van der Waals surface area contributed by atoms with E-state index in [0.29, 0.717) is 5.56 Å². The lowest BCUT2D eigenvalue weighted by Gasteiger charge is -2.14. The van der Waals surface area contributed by atoms with Crippen LogP contribution in [0.1, 0.15) is 54.9 Å². The van der Waals surface area contributed by atoms with Crippen LogP contribution in [0.15, 0.2) is 18.2 Å². The molecule has 0 fully saturated rings. The Labute approximate surface area is 130 Å². The van der Waals surface area contributed by atoms with Crippen LogP contribution < -0.4 is 4.74 Å². The topological polar surface area (TPSA) is 65.0 Å². The van der Waals surface area contributed by atoms with Crippen LogP contribution in [0.5, 0.6) is 11.5 Å². The number of fused-ring (bicyclic) bond motifs is 1. The maximum Gasteiger partial charge on any atom is 0.377 e. The molecule has 5 heteroatoms. The molecule has 0 aliphatic carbocycles. The number of carbonyl (C=O) groups is 1. The number of ether oxygens (including phenoxy) is 1. The van der Waals surface area contributed by atoms with E-state index in [4.69, 9.17) is 14.5 Å². The fourth-order valence-electron chi connectivity index (χ4n) is 2.43. The van der Waals surface area contributed by atoms with Crippen LogP contribution in [0.25, 0.3) is 6.08 Å². The highest BCUT2D eigenvalue weighted by atomic mass is 17.2. The van der Waals surface area contributed by atoms with Gasteiger partial charge in [-0.05, 0) is 37.8 Å². The van der Waals surface area contributed by atoms with Crippen molar-refractivity contribution in [1.82, 2.24) is 0 Å². The lowest BCUT2D eigenvalue weighted by molar-refractivity contribution is -0.271. The van der Waals surface area contributed by atoms with Gasteiger partial charge in [0, 0.05) is 6.07 Å². The van der Waals surface area contributed by atoms with Gasteiger partial charge in [-0.3, -0.25) is 4.89 Å². The van der Waals surface area contributed by atoms with E-state index >= 15 is 0 Å². The number of hydrogen-bond donors (Lipinski definition) is 1. The summed E-state index contributed by atoms with van der Waals surface area (Å²) in [6, 6.07) is 2.90. The first-order valence-corrected chi connectivity index (χ1v) is 7.57. The minimum atomic E-state index is -0.623. The summed E-state index contributed by atoms with van der Waals surface area (Å²) >= 11 is 0. The molecule has 0 spiro atoms. The van der Waals surface area contributed by atoms with Crippen molar-refractivity contribution in [1.29, 1.82) is 0 Å². The molecular formula is C17H22O5. The minimum absolute atomic E-state index is 0.0339. The number of hydrogen-bond acceptors (Lipinski definition) is 5. The highest BCUT2D eigenvalue weighted by molar-refractivity contribution is 5.96. The zero-order valence-electron chi connectivity index (χ0n) is 13.0. The number of phenolic OH excluding ortho intramolecular Hbond substituents is 1. The van der Waals surface area contributed by atoms with Crippen molar-refractivity contribution >= 4 is 12.0 Å². The van der Waals surface area contributed by atoms with E-state index in [-0.39, 0.29) is 23.2 Å². The van der Waals surface area contributed by atoms with Crippen LogP contribution in [0.2, 0.25) is 0 Å². The van der Waals surface area contributed by atoms with E-state index in [1.807, 2.05) is 13.0 Å². The van der Waals surface area contributed by atoms with Crippen molar-refractivity contribution in [3.8, 4) is 11.5 Å². The summed E-state index contributed by atoms with van der Waals surface area (Å²) in [4.78, 5) is 22.4. The Morgan fingerprint density at radius 1 is 1.27 bits per heavy atom. The standard InChI is InChI=1S/C17H22O5/c1-12-8-6-4-3-5-7-9-13-10-14(18)11-15(20-2)16(13)17(19)22-21-12/h7,9-12,18H,3-6,8H2,1-2H3/b9-7+. The highest BCUT2D eigenvalue weighted by Gasteiger charge is 2.21. The minimum Gasteiger partial charge on any atom is -0.508 e. The van der Waals surface area contributed by atoms with Gasteiger partial charge in [-0.15, -0.1) is 0 Å². The Morgan fingerprint density at radius 3 is 2.86 bits per heavy atom. The van der Waals surface area contributed by atoms with Crippen LogP contribution in [-0.2, 0) is 9.78 Å². The van der Waals surface area contributed by atoms with Gasteiger partial charge in [0.25, 0.3) is 0 Å². The molecule has 1 N–H and O–H groups in total. The molecule has 0 saturated carbocycles. The Hall–Kier alpha value is -2.01. The van der Waals surface area contributed by atoms with Gasteiger partial charge >= 0.3 is 5.97 Å². The SMILES string of the molecule is COc1cc(O)cc2c1C(=O)OOC(C)CCCCC/C=C/2. The van der Waals surface area contributed by atoms with E-state index in [1.54, 1.807) is 6.08 Å². The zero-order valence-corrected chi connectivity index (χ0v) is 13.0. The molecule has 2 rings (SSSR count). The molecule has 1 unspecified atom stereocenters. The van der Waals surface area contributed by atoms with Gasteiger partial charge in [0.2, 0.25) is 0 Å². The van der Waals surface area contributed by atoms with Crippen LogP contribution in [-0.4, -0.2) is 24.3 Å². The van der Waals surface area contributed by atoms with E-state index in [9.17, 15) is 9.90 Å². The molecule has 1 aromatic carbocycles. The number of rotatable bonds is 1. The van der Waals surface area contributed by atoms with E-state index in [1.165, 1.54) is 19.2 Å². The van der Waals surface area contributed by atoms with E-state index < -0.39 is 5.97 Å². The summed E-state index contributed by atoms with van der Waals surface area (Å²) in [6.07, 6.45) is 8.62. The van der Waals surface area contributed by atoms with Gasteiger partial charge in [0.15, 0.2) is 0 Å². The van der Waals surface area contributed by atoms with Gasteiger partial charge in [0.1, 0.15) is 23.2 Å². The molecule has 0 amide bonds. The normalized spacial score (nSPS) is 21.5. The second-order valence-corrected chi connectivity index (χ2v) is 5.43. The van der Waals surface area contributed by atoms with Gasteiger partial charge in [-0.1, -0.05) is 25.0 Å². The third kappa shape index (κ3) is 4.24. The van der Waals surface area contributed by atoms with E-state index in [0.717, 1.165) is 32.1 Å². The largest absolute Gasteiger partial charge is 0.508 e. The summed E-state index contributed by atoms with van der Waals surface area (Å²) < 4.78 is 5.19. The molecule has 120 valence electrons. The predicted octanol–water partition coefficient (Wildman–Crippen LogP) is 3.86. The summed E-state index contributed by atoms with van der Waals surface area (Å²) in [5.74, 6) is -0.329. The molecule has 1 atom stereocenters. The molecule has 0 saturated heterocycles. The number of aromatic hydroxyl groups is 1. The quantitative estimate of drug-likeness (QED) is 0.798. The van der Waals surface area contributed by atoms with Crippen LogP contribution in [0.3, 0.4) is 0 Å². The molecular weight excluding hydrogens is 284 g/mol. The molecule has 1 aliphatic rings. The van der Waals surface area contributed by atoms with Crippen LogP contribution >= 0.6 is 0 Å². The summed E-state index contributed by atoms with van der Waals surface area (Å²) in [7, 11) is 1.44. The molecule has 5 nitrogen and oxygen atoms in total. The molecule has 0 aromatic heterocycles. The number of methoxy groups -OCH3 is 1. The average Bonchev–Trinajstić information content (AvgIpc) is 2.51. The molecule has 1 aliphatic heterocycles. The first kappa shape index (κ1) is 16.4. The molecule has 0 radical (unpaired) electrons. The van der Waals surface area contributed by atoms with Crippen molar-refractivity contribution in [2.45, 2.75) is 45.1 Å². The van der Waals surface area contributed by atoms with Crippen molar-refractivity contribution < 1.29 is 24.4 Å². The summed E-state index contributed by atoms with van der Waals surface area (Å²) in [5, 5.41) is 9.76. The Bertz CT molecular complexity index is 550. The van der Waals surface area contributed by atoms with E-state index in [2.05, 4.69) is 0 Å². The highest BCUT2D eigenvalue weighted by Crippen LogP contribution is 2.30. The third-order valence-corrected chi connectivity index (χ3v) is 3.61. The first-order valence-electron chi connectivity index (χ1n) is 7.57. The first-order chi connectivity index (χ1) is 10.6. The second-order valence-electron chi connectivity index (χ2n) is 5.43. The fraction of sp³-hybridized carbons (Fsp3) is 0.471. The number of phenols is 1. The Morgan fingerprint density at radius 2 is 2.09 bits per heavy atom.